The summed E-state index contributed by atoms with van der Waals surface area (Å²) < 4.78 is 34.6. The molecule has 0 saturated heterocycles. The van der Waals surface area contributed by atoms with Gasteiger partial charge in [-0.15, -0.1) is 0 Å². The summed E-state index contributed by atoms with van der Waals surface area (Å²) in [6.07, 6.45) is 0.352. The second-order valence-corrected chi connectivity index (χ2v) is 12.6. The van der Waals surface area contributed by atoms with Crippen LogP contribution >= 0.6 is 7.82 Å². The molecule has 49 heavy (non-hydrogen) atoms. The van der Waals surface area contributed by atoms with Crippen molar-refractivity contribution in [3.05, 3.63) is 167 Å². The van der Waals surface area contributed by atoms with Crippen LogP contribution in [0.15, 0.2) is 140 Å². The molecule has 0 spiro atoms. The highest BCUT2D eigenvalue weighted by Gasteiger charge is 2.23. The Morgan fingerprint density at radius 1 is 0.673 bits per heavy atom. The maximum Gasteiger partial charge on any atom is 0.527 e. The number of allylic oxidation sites excluding steroid dienone is 1. The molecule has 0 saturated carbocycles. The van der Waals surface area contributed by atoms with E-state index in [9.17, 15) is 14.3 Å². The predicted molar refractivity (Wildman–Crippen MR) is 192 cm³/mol. The van der Waals surface area contributed by atoms with E-state index in [0.29, 0.717) is 18.9 Å². The highest BCUT2D eigenvalue weighted by Crippen LogP contribution is 2.45. The first-order chi connectivity index (χ1) is 23.8. The lowest BCUT2D eigenvalue weighted by Crippen LogP contribution is -2.31. The van der Waals surface area contributed by atoms with Gasteiger partial charge in [0.25, 0.3) is 0 Å². The lowest BCUT2D eigenvalue weighted by molar-refractivity contribution is 0.0994. The fourth-order valence-electron chi connectivity index (χ4n) is 5.19. The van der Waals surface area contributed by atoms with Gasteiger partial charge in [-0.2, -0.15) is 0 Å². The molecule has 252 valence electrons. The summed E-state index contributed by atoms with van der Waals surface area (Å²) in [6.45, 7) is 2.94. The molecule has 0 fully saturated rings. The number of carbonyl (C=O) groups is 1. The molecule has 0 aliphatic rings. The van der Waals surface area contributed by atoms with Gasteiger partial charge in [-0.05, 0) is 69.6 Å². The molecule has 0 radical (unpaired) electrons. The molecule has 1 atom stereocenters. The van der Waals surface area contributed by atoms with Gasteiger partial charge in [0.15, 0.2) is 0 Å². The second-order valence-electron chi connectivity index (χ2n) is 11.3. The average molecular weight is 678 g/mol. The first kappa shape index (κ1) is 35.2. The van der Waals surface area contributed by atoms with Gasteiger partial charge in [0.1, 0.15) is 24.7 Å². The van der Waals surface area contributed by atoms with Crippen molar-refractivity contribution in [2.75, 3.05) is 20.2 Å². The van der Waals surface area contributed by atoms with Gasteiger partial charge in [0.2, 0.25) is 0 Å². The summed E-state index contributed by atoms with van der Waals surface area (Å²) >= 11 is 0. The van der Waals surface area contributed by atoms with Gasteiger partial charge in [-0.3, -0.25) is 9.42 Å². The first-order valence-corrected chi connectivity index (χ1v) is 17.6. The van der Waals surface area contributed by atoms with E-state index in [4.69, 9.17) is 18.5 Å². The van der Waals surface area contributed by atoms with Crippen LogP contribution in [-0.2, 0) is 27.0 Å². The molecule has 0 aromatic heterocycles. The summed E-state index contributed by atoms with van der Waals surface area (Å²) in [5.41, 5.74) is 6.82. The van der Waals surface area contributed by atoms with E-state index in [1.165, 1.54) is 4.90 Å². The molecular formula is C40H40NO7P. The largest absolute Gasteiger partial charge is 0.527 e. The molecule has 0 bridgehead atoms. The Kier molecular flexibility index (Phi) is 12.4. The molecule has 1 amide bonds. The van der Waals surface area contributed by atoms with Crippen molar-refractivity contribution in [1.82, 2.24) is 4.90 Å². The van der Waals surface area contributed by atoms with Crippen LogP contribution in [-0.4, -0.2) is 36.1 Å². The van der Waals surface area contributed by atoms with Crippen LogP contribution in [0.2, 0.25) is 0 Å². The zero-order valence-corrected chi connectivity index (χ0v) is 28.5. The second kappa shape index (κ2) is 17.3. The van der Waals surface area contributed by atoms with Gasteiger partial charge >= 0.3 is 13.9 Å². The van der Waals surface area contributed by atoms with Gasteiger partial charge in [-0.25, -0.2) is 9.36 Å². The molecule has 1 N–H and O–H groups in total. The third-order valence-electron chi connectivity index (χ3n) is 7.73. The zero-order valence-electron chi connectivity index (χ0n) is 27.6. The van der Waals surface area contributed by atoms with Crippen LogP contribution in [0.4, 0.5) is 4.79 Å². The number of benzene rings is 5. The van der Waals surface area contributed by atoms with Crippen molar-refractivity contribution in [1.29, 1.82) is 0 Å². The summed E-state index contributed by atoms with van der Waals surface area (Å²) in [7, 11) is -2.67. The minimum Gasteiger partial charge on any atom is -0.492 e. The van der Waals surface area contributed by atoms with E-state index in [1.54, 1.807) is 19.2 Å². The maximum absolute atomic E-state index is 12.7. The molecule has 0 aliphatic heterocycles. The number of hydrogen-bond donors (Lipinski definition) is 1. The fourth-order valence-corrected chi connectivity index (χ4v) is 5.94. The van der Waals surface area contributed by atoms with Crippen LogP contribution < -0.4 is 9.26 Å². The number of nitrogens with zero attached hydrogens (tertiary/aromatic N) is 1. The maximum atomic E-state index is 12.7. The smallest absolute Gasteiger partial charge is 0.492 e. The number of carbonyl (C=O) groups excluding carboxylic acids is 1. The van der Waals surface area contributed by atoms with Crippen molar-refractivity contribution in [3.63, 3.8) is 0 Å². The van der Waals surface area contributed by atoms with Crippen molar-refractivity contribution in [3.8, 4) is 11.5 Å². The number of phosphoric ester groups is 1. The Balaban J connectivity index is 1.27. The van der Waals surface area contributed by atoms with Crippen LogP contribution in [0, 0.1) is 0 Å². The Morgan fingerprint density at radius 2 is 1.18 bits per heavy atom. The molecule has 5 rings (SSSR count). The van der Waals surface area contributed by atoms with Gasteiger partial charge in [0, 0.05) is 7.05 Å². The summed E-state index contributed by atoms with van der Waals surface area (Å²) in [5, 5.41) is 0. The monoisotopic (exact) mass is 677 g/mol. The summed E-state index contributed by atoms with van der Waals surface area (Å²) in [6, 6.07) is 43.8. The Labute approximate surface area is 287 Å². The van der Waals surface area contributed by atoms with E-state index >= 15 is 0 Å². The number of phosphoric acid groups is 1. The molecule has 5 aromatic carbocycles. The van der Waals surface area contributed by atoms with Gasteiger partial charge in [-0.1, -0.05) is 122 Å². The van der Waals surface area contributed by atoms with Crippen LogP contribution in [0.25, 0.3) is 11.1 Å². The Morgan fingerprint density at radius 3 is 1.73 bits per heavy atom. The minimum absolute atomic E-state index is 0.0474. The number of likely N-dealkylation sites (N-methyl/N-ethyl adjacent to an activating group) is 1. The zero-order chi connectivity index (χ0) is 34.5. The van der Waals surface area contributed by atoms with Gasteiger partial charge < -0.3 is 18.9 Å². The summed E-state index contributed by atoms with van der Waals surface area (Å²) in [4.78, 5) is 24.2. The highest BCUT2D eigenvalue weighted by atomic mass is 31.2. The van der Waals surface area contributed by atoms with E-state index in [0.717, 1.165) is 45.4 Å². The third kappa shape index (κ3) is 10.4. The molecule has 1 unspecified atom stereocenters. The van der Waals surface area contributed by atoms with Crippen molar-refractivity contribution < 1.29 is 32.8 Å². The minimum atomic E-state index is -4.35. The molecule has 5 aromatic rings. The molecular weight excluding hydrogens is 637 g/mol. The number of rotatable bonds is 15. The highest BCUT2D eigenvalue weighted by molar-refractivity contribution is 7.47. The predicted octanol–water partition coefficient (Wildman–Crippen LogP) is 9.40. The normalized spacial score (nSPS) is 12.7. The van der Waals surface area contributed by atoms with E-state index < -0.39 is 13.9 Å². The number of amides is 1. The number of hydrogen-bond acceptors (Lipinski definition) is 6. The van der Waals surface area contributed by atoms with Crippen molar-refractivity contribution >= 4 is 25.1 Å². The van der Waals surface area contributed by atoms with Crippen molar-refractivity contribution in [2.24, 2.45) is 0 Å². The first-order valence-electron chi connectivity index (χ1n) is 16.1. The fraction of sp³-hybridized carbons (Fsp3) is 0.175. The Hall–Kier alpha value is -5.14. The lowest BCUT2D eigenvalue weighted by Gasteiger charge is -2.19. The summed E-state index contributed by atoms with van der Waals surface area (Å²) in [5.74, 6) is 0.891. The molecule has 0 aliphatic carbocycles. The van der Waals surface area contributed by atoms with Gasteiger partial charge in [0.05, 0.1) is 13.2 Å². The topological polar surface area (TPSA) is 94.5 Å². The lowest BCUT2D eigenvalue weighted by atomic mass is 9.88. The SMILES string of the molecule is CCC(=C(c1ccc(OCCN(C)C(=O)OCc2ccccc2)cc1)c1ccc(OP(=O)(O)OCc2ccccc2)cc1)c1ccccc1. The molecule has 8 nitrogen and oxygen atoms in total. The van der Waals surface area contributed by atoms with Crippen LogP contribution in [0.3, 0.4) is 0 Å². The van der Waals surface area contributed by atoms with Crippen molar-refractivity contribution in [2.45, 2.75) is 26.6 Å². The van der Waals surface area contributed by atoms with E-state index in [1.807, 2.05) is 115 Å². The van der Waals surface area contributed by atoms with Crippen LogP contribution in [0.1, 0.15) is 41.2 Å². The molecule has 0 heterocycles. The average Bonchev–Trinajstić information content (AvgIpc) is 3.14. The quantitative estimate of drug-likeness (QED) is 0.0872. The Bertz CT molecular complexity index is 1850. The standard InChI is InChI=1S/C40H40NO7P/c1-3-38(33-17-11-6-12-18-33)39(35-21-25-37(26-22-35)48-49(43,44)47-30-32-15-9-5-10-16-32)34-19-23-36(24-20-34)45-28-27-41(2)40(42)46-29-31-13-7-4-8-14-31/h4-26H,3,27-30H2,1-2H3,(H,43,44). The van der Waals surface area contributed by atoms with Crippen LogP contribution in [0.5, 0.6) is 11.5 Å². The number of ether oxygens (including phenoxy) is 2. The van der Waals surface area contributed by atoms with E-state index in [2.05, 4.69) is 19.1 Å². The third-order valence-corrected chi connectivity index (χ3v) is 8.63. The van der Waals surface area contributed by atoms with E-state index in [-0.39, 0.29) is 19.0 Å². The molecule has 9 heteroatoms.